The molecule has 1 amide bonds. The largest absolute Gasteiger partial charge is 0.494 e. The van der Waals surface area contributed by atoms with Crippen molar-refractivity contribution >= 4 is 5.91 Å². The molecule has 0 fully saturated rings. The summed E-state index contributed by atoms with van der Waals surface area (Å²) in [5, 5.41) is 2.74. The average molecular weight is 261 g/mol. The number of carbonyl (C=O) groups is 1. The maximum absolute atomic E-state index is 11.3. The lowest BCUT2D eigenvalue weighted by Crippen LogP contribution is -2.23. The molecule has 0 aliphatic rings. The van der Waals surface area contributed by atoms with Gasteiger partial charge in [-0.1, -0.05) is 31.6 Å². The van der Waals surface area contributed by atoms with Gasteiger partial charge in [-0.3, -0.25) is 4.79 Å². The van der Waals surface area contributed by atoms with E-state index in [1.54, 1.807) is 6.08 Å². The van der Waals surface area contributed by atoms with Crippen molar-refractivity contribution in [1.82, 2.24) is 5.32 Å². The molecule has 1 aromatic carbocycles. The second-order valence-electron chi connectivity index (χ2n) is 4.44. The molecule has 0 bridgehead atoms. The molecular formula is C16H23NO2. The zero-order chi connectivity index (χ0) is 13.9. The number of amides is 1. The van der Waals surface area contributed by atoms with Gasteiger partial charge >= 0.3 is 0 Å². The summed E-state index contributed by atoms with van der Waals surface area (Å²) in [6.45, 7) is 6.81. The van der Waals surface area contributed by atoms with Gasteiger partial charge in [0.25, 0.3) is 0 Å². The third-order valence-corrected chi connectivity index (χ3v) is 2.72. The predicted octanol–water partition coefficient (Wildman–Crippen LogP) is 3.10. The number of hydrogen-bond donors (Lipinski definition) is 1. The summed E-state index contributed by atoms with van der Waals surface area (Å²) in [5.41, 5.74) is 1.33. The molecule has 0 spiro atoms. The van der Waals surface area contributed by atoms with E-state index in [0.29, 0.717) is 19.6 Å². The molecule has 104 valence electrons. The Kier molecular flexibility index (Phi) is 7.40. The summed E-state index contributed by atoms with van der Waals surface area (Å²) in [6.07, 6.45) is 5.14. The van der Waals surface area contributed by atoms with Crippen LogP contribution in [-0.2, 0) is 11.2 Å². The van der Waals surface area contributed by atoms with Gasteiger partial charge in [-0.05, 0) is 30.5 Å². The number of rotatable bonds is 9. The molecule has 3 nitrogen and oxygen atoms in total. The molecule has 1 N–H and O–H groups in total. The van der Waals surface area contributed by atoms with Gasteiger partial charge in [-0.15, -0.1) is 6.58 Å². The fourth-order valence-electron chi connectivity index (χ4n) is 1.74. The second kappa shape index (κ2) is 9.20. The van der Waals surface area contributed by atoms with Gasteiger partial charge in [0.2, 0.25) is 5.91 Å². The number of carbonyl (C=O) groups excluding carboxylic acids is 1. The van der Waals surface area contributed by atoms with E-state index in [2.05, 4.69) is 31.0 Å². The molecule has 1 rings (SSSR count). The Morgan fingerprint density at radius 3 is 2.74 bits per heavy atom. The molecule has 0 aliphatic heterocycles. The van der Waals surface area contributed by atoms with Gasteiger partial charge in [0.1, 0.15) is 5.75 Å². The van der Waals surface area contributed by atoms with Crippen LogP contribution in [0.2, 0.25) is 0 Å². The van der Waals surface area contributed by atoms with E-state index < -0.39 is 0 Å². The number of nitrogens with one attached hydrogen (secondary N) is 1. The van der Waals surface area contributed by atoms with Crippen LogP contribution in [0.25, 0.3) is 0 Å². The summed E-state index contributed by atoms with van der Waals surface area (Å²) in [7, 11) is 0. The van der Waals surface area contributed by atoms with E-state index in [1.807, 2.05) is 12.1 Å². The highest BCUT2D eigenvalue weighted by Gasteiger charge is 2.00. The summed E-state index contributed by atoms with van der Waals surface area (Å²) in [6, 6.07) is 8.16. The van der Waals surface area contributed by atoms with E-state index >= 15 is 0 Å². The molecule has 19 heavy (non-hydrogen) atoms. The molecule has 1 aromatic rings. The van der Waals surface area contributed by atoms with E-state index in [0.717, 1.165) is 25.0 Å². The molecule has 0 unspecified atom stereocenters. The molecule has 0 saturated heterocycles. The minimum Gasteiger partial charge on any atom is -0.494 e. The molecule has 0 saturated carbocycles. The van der Waals surface area contributed by atoms with Gasteiger partial charge in [0.15, 0.2) is 0 Å². The Morgan fingerprint density at radius 1 is 1.37 bits per heavy atom. The van der Waals surface area contributed by atoms with Gasteiger partial charge < -0.3 is 10.1 Å². The van der Waals surface area contributed by atoms with Crippen LogP contribution in [0.4, 0.5) is 0 Å². The molecule has 0 radical (unpaired) electrons. The first kappa shape index (κ1) is 15.3. The highest BCUT2D eigenvalue weighted by molar-refractivity contribution is 5.75. The number of hydrogen-bond acceptors (Lipinski definition) is 2. The third kappa shape index (κ3) is 6.65. The lowest BCUT2D eigenvalue weighted by molar-refractivity contribution is -0.121. The number of aryl methyl sites for hydroxylation is 1. The molecule has 0 aliphatic carbocycles. The molecule has 0 aromatic heterocycles. The van der Waals surface area contributed by atoms with Crippen molar-refractivity contribution in [2.45, 2.75) is 32.6 Å². The predicted molar refractivity (Wildman–Crippen MR) is 78.4 cm³/mol. The minimum absolute atomic E-state index is 0.0433. The van der Waals surface area contributed by atoms with E-state index in [1.165, 1.54) is 5.56 Å². The lowest BCUT2D eigenvalue weighted by Gasteiger charge is -2.07. The first-order chi connectivity index (χ1) is 9.26. The Hall–Kier alpha value is -1.77. The molecule has 3 heteroatoms. The van der Waals surface area contributed by atoms with Crippen LogP contribution in [0, 0.1) is 0 Å². The highest BCUT2D eigenvalue weighted by Crippen LogP contribution is 2.13. The topological polar surface area (TPSA) is 38.3 Å². The van der Waals surface area contributed by atoms with Gasteiger partial charge in [0, 0.05) is 13.0 Å². The Balaban J connectivity index is 2.18. The van der Waals surface area contributed by atoms with Crippen LogP contribution >= 0.6 is 0 Å². The normalized spacial score (nSPS) is 9.95. The lowest BCUT2D eigenvalue weighted by atomic mass is 10.1. The van der Waals surface area contributed by atoms with Gasteiger partial charge in [0.05, 0.1) is 6.61 Å². The van der Waals surface area contributed by atoms with Crippen LogP contribution < -0.4 is 10.1 Å². The van der Waals surface area contributed by atoms with Crippen molar-refractivity contribution in [3.8, 4) is 5.75 Å². The zero-order valence-corrected chi connectivity index (χ0v) is 11.7. The summed E-state index contributed by atoms with van der Waals surface area (Å²) in [5.74, 6) is 0.910. The fourth-order valence-corrected chi connectivity index (χ4v) is 1.74. The fraction of sp³-hybridized carbons (Fsp3) is 0.438. The van der Waals surface area contributed by atoms with Crippen LogP contribution in [0.3, 0.4) is 0 Å². The van der Waals surface area contributed by atoms with Crippen molar-refractivity contribution in [3.05, 3.63) is 42.5 Å². The first-order valence-electron chi connectivity index (χ1n) is 6.85. The SMILES string of the molecule is C=CCNC(=O)CCCOc1ccc(CCC)cc1. The van der Waals surface area contributed by atoms with Crippen molar-refractivity contribution in [2.24, 2.45) is 0 Å². The van der Waals surface area contributed by atoms with Crippen LogP contribution in [0.15, 0.2) is 36.9 Å². The van der Waals surface area contributed by atoms with Crippen molar-refractivity contribution in [3.63, 3.8) is 0 Å². The van der Waals surface area contributed by atoms with Gasteiger partial charge in [-0.2, -0.15) is 0 Å². The minimum atomic E-state index is 0.0433. The van der Waals surface area contributed by atoms with E-state index in [9.17, 15) is 4.79 Å². The summed E-state index contributed by atoms with van der Waals surface area (Å²) >= 11 is 0. The Morgan fingerprint density at radius 2 is 2.11 bits per heavy atom. The Labute approximate surface area is 115 Å². The summed E-state index contributed by atoms with van der Waals surface area (Å²) in [4.78, 5) is 11.3. The van der Waals surface area contributed by atoms with E-state index in [4.69, 9.17) is 4.74 Å². The Bertz CT molecular complexity index is 384. The number of benzene rings is 1. The van der Waals surface area contributed by atoms with Crippen molar-refractivity contribution in [2.75, 3.05) is 13.2 Å². The third-order valence-electron chi connectivity index (χ3n) is 2.72. The molecular weight excluding hydrogens is 238 g/mol. The number of ether oxygens (including phenoxy) is 1. The average Bonchev–Trinajstić information content (AvgIpc) is 2.43. The van der Waals surface area contributed by atoms with Crippen LogP contribution in [0.1, 0.15) is 31.7 Å². The molecule has 0 atom stereocenters. The van der Waals surface area contributed by atoms with Gasteiger partial charge in [-0.25, -0.2) is 0 Å². The second-order valence-corrected chi connectivity index (χ2v) is 4.44. The van der Waals surface area contributed by atoms with Crippen molar-refractivity contribution < 1.29 is 9.53 Å². The zero-order valence-electron chi connectivity index (χ0n) is 11.7. The summed E-state index contributed by atoms with van der Waals surface area (Å²) < 4.78 is 5.59. The van der Waals surface area contributed by atoms with Crippen molar-refractivity contribution in [1.29, 1.82) is 0 Å². The quantitative estimate of drug-likeness (QED) is 0.548. The molecule has 0 heterocycles. The van der Waals surface area contributed by atoms with Crippen LogP contribution in [-0.4, -0.2) is 19.1 Å². The monoisotopic (exact) mass is 261 g/mol. The standard InChI is InChI=1S/C16H23NO2/c1-3-6-14-8-10-15(11-9-14)19-13-5-7-16(18)17-12-4-2/h4,8-11H,2-3,5-7,12-13H2,1H3,(H,17,18). The smallest absolute Gasteiger partial charge is 0.220 e. The highest BCUT2D eigenvalue weighted by atomic mass is 16.5. The maximum atomic E-state index is 11.3. The first-order valence-corrected chi connectivity index (χ1v) is 6.85. The maximum Gasteiger partial charge on any atom is 0.220 e. The van der Waals surface area contributed by atoms with E-state index in [-0.39, 0.29) is 5.91 Å². The van der Waals surface area contributed by atoms with Crippen LogP contribution in [0.5, 0.6) is 5.75 Å².